The summed E-state index contributed by atoms with van der Waals surface area (Å²) >= 11 is 0. The first-order valence-corrected chi connectivity index (χ1v) is 7.85. The average Bonchev–Trinajstić information content (AvgIpc) is 2.25. The molecule has 0 spiro atoms. The molecule has 0 aliphatic heterocycles. The summed E-state index contributed by atoms with van der Waals surface area (Å²) in [5.41, 5.74) is 5.37. The number of nitrogens with one attached hydrogen (secondary N) is 1. The highest BCUT2D eigenvalue weighted by Crippen LogP contribution is 2.33. The fourth-order valence-corrected chi connectivity index (χ4v) is 4.72. The molecule has 2 aliphatic carbocycles. The van der Waals surface area contributed by atoms with Gasteiger partial charge in [-0.3, -0.25) is 0 Å². The lowest BCUT2D eigenvalue weighted by atomic mass is 9.78. The van der Waals surface area contributed by atoms with E-state index in [4.69, 9.17) is 5.73 Å². The van der Waals surface area contributed by atoms with Crippen LogP contribution in [0.25, 0.3) is 0 Å². The van der Waals surface area contributed by atoms with Crippen molar-refractivity contribution >= 4 is 10.0 Å². The molecule has 16 heavy (non-hydrogen) atoms. The first-order chi connectivity index (χ1) is 7.58. The molecule has 2 rings (SSSR count). The van der Waals surface area contributed by atoms with Crippen molar-refractivity contribution in [3.8, 4) is 0 Å². The third-order valence-electron chi connectivity index (χ3n) is 4.05. The number of hydrogen-bond donors (Lipinski definition) is 2. The van der Waals surface area contributed by atoms with Gasteiger partial charge in [0.05, 0.1) is 5.25 Å². The van der Waals surface area contributed by atoms with E-state index in [2.05, 4.69) is 4.72 Å². The van der Waals surface area contributed by atoms with Crippen LogP contribution in [0.2, 0.25) is 0 Å². The second-order valence-electron chi connectivity index (χ2n) is 5.25. The summed E-state index contributed by atoms with van der Waals surface area (Å²) in [6.45, 7) is 0.430. The molecule has 4 nitrogen and oxygen atoms in total. The Morgan fingerprint density at radius 1 is 1.12 bits per heavy atom. The van der Waals surface area contributed by atoms with Crippen LogP contribution in [0.15, 0.2) is 0 Å². The standard InChI is InChI=1S/C11H22N2O2S/c12-9-11(7-4-8-11)13-16(14,15)10-5-2-1-3-6-10/h10,13H,1-9,12H2. The van der Waals surface area contributed by atoms with Crippen molar-refractivity contribution in [1.29, 1.82) is 0 Å². The summed E-state index contributed by atoms with van der Waals surface area (Å²) in [4.78, 5) is 0. The van der Waals surface area contributed by atoms with E-state index in [0.29, 0.717) is 6.54 Å². The van der Waals surface area contributed by atoms with Crippen molar-refractivity contribution in [2.24, 2.45) is 5.73 Å². The van der Waals surface area contributed by atoms with Crippen LogP contribution < -0.4 is 10.5 Å². The molecule has 2 fully saturated rings. The summed E-state index contributed by atoms with van der Waals surface area (Å²) in [6.07, 6.45) is 7.78. The lowest BCUT2D eigenvalue weighted by Gasteiger charge is -2.42. The predicted molar refractivity (Wildman–Crippen MR) is 64.6 cm³/mol. The van der Waals surface area contributed by atoms with Gasteiger partial charge in [-0.05, 0) is 32.1 Å². The molecule has 5 heteroatoms. The molecule has 0 amide bonds. The van der Waals surface area contributed by atoms with E-state index in [0.717, 1.165) is 44.9 Å². The molecule has 0 bridgehead atoms. The van der Waals surface area contributed by atoms with Crippen LogP contribution in [-0.2, 0) is 10.0 Å². The summed E-state index contributed by atoms with van der Waals surface area (Å²) < 4.78 is 27.2. The van der Waals surface area contributed by atoms with E-state index in [-0.39, 0.29) is 10.8 Å². The van der Waals surface area contributed by atoms with Crippen LogP contribution in [0.1, 0.15) is 51.4 Å². The maximum absolute atomic E-state index is 12.2. The van der Waals surface area contributed by atoms with E-state index in [1.165, 1.54) is 6.42 Å². The Labute approximate surface area is 98.0 Å². The molecule has 0 unspecified atom stereocenters. The van der Waals surface area contributed by atoms with Crippen molar-refractivity contribution in [3.05, 3.63) is 0 Å². The fraction of sp³-hybridized carbons (Fsp3) is 1.00. The number of sulfonamides is 1. The SMILES string of the molecule is NCC1(NS(=O)(=O)C2CCCCC2)CCC1. The van der Waals surface area contributed by atoms with Crippen LogP contribution in [-0.4, -0.2) is 25.8 Å². The van der Waals surface area contributed by atoms with Crippen molar-refractivity contribution in [1.82, 2.24) is 4.72 Å². The summed E-state index contributed by atoms with van der Waals surface area (Å²) in [6, 6.07) is 0. The van der Waals surface area contributed by atoms with Gasteiger partial charge in [0.25, 0.3) is 0 Å². The Hall–Kier alpha value is -0.130. The molecular formula is C11H22N2O2S. The fourth-order valence-electron chi connectivity index (χ4n) is 2.71. The van der Waals surface area contributed by atoms with Crippen molar-refractivity contribution in [3.63, 3.8) is 0 Å². The molecule has 2 saturated carbocycles. The zero-order chi connectivity index (χ0) is 11.6. The summed E-state index contributed by atoms with van der Waals surface area (Å²) in [7, 11) is -3.14. The van der Waals surface area contributed by atoms with E-state index >= 15 is 0 Å². The maximum Gasteiger partial charge on any atom is 0.215 e. The minimum absolute atomic E-state index is 0.176. The highest BCUT2D eigenvalue weighted by molar-refractivity contribution is 7.90. The second kappa shape index (κ2) is 4.63. The average molecular weight is 246 g/mol. The Bertz CT molecular complexity index is 324. The molecule has 2 aliphatic rings. The van der Waals surface area contributed by atoms with Crippen molar-refractivity contribution < 1.29 is 8.42 Å². The maximum atomic E-state index is 12.2. The minimum Gasteiger partial charge on any atom is -0.329 e. The third-order valence-corrected chi connectivity index (χ3v) is 6.12. The topological polar surface area (TPSA) is 72.2 Å². The van der Waals surface area contributed by atoms with Gasteiger partial charge >= 0.3 is 0 Å². The zero-order valence-electron chi connectivity index (χ0n) is 9.74. The van der Waals surface area contributed by atoms with Gasteiger partial charge in [0.1, 0.15) is 0 Å². The van der Waals surface area contributed by atoms with Gasteiger partial charge in [-0.1, -0.05) is 19.3 Å². The van der Waals surface area contributed by atoms with E-state index in [1.54, 1.807) is 0 Å². The molecule has 3 N–H and O–H groups in total. The molecule has 0 aromatic carbocycles. The van der Waals surface area contributed by atoms with Crippen LogP contribution in [0.4, 0.5) is 0 Å². The molecular weight excluding hydrogens is 224 g/mol. The van der Waals surface area contributed by atoms with Gasteiger partial charge < -0.3 is 5.73 Å². The highest BCUT2D eigenvalue weighted by atomic mass is 32.2. The molecule has 0 radical (unpaired) electrons. The summed E-state index contributed by atoms with van der Waals surface area (Å²) in [5.74, 6) is 0. The minimum atomic E-state index is -3.14. The largest absolute Gasteiger partial charge is 0.329 e. The van der Waals surface area contributed by atoms with Crippen molar-refractivity contribution in [2.45, 2.75) is 62.2 Å². The quantitative estimate of drug-likeness (QED) is 0.781. The lowest BCUT2D eigenvalue weighted by molar-refractivity contribution is 0.229. The Kier molecular flexibility index (Phi) is 3.56. The highest BCUT2D eigenvalue weighted by Gasteiger charge is 2.41. The summed E-state index contributed by atoms with van der Waals surface area (Å²) in [5, 5.41) is -0.176. The zero-order valence-corrected chi connectivity index (χ0v) is 10.6. The monoisotopic (exact) mass is 246 g/mol. The van der Waals surface area contributed by atoms with Crippen LogP contribution in [0, 0.1) is 0 Å². The van der Waals surface area contributed by atoms with Gasteiger partial charge in [-0.2, -0.15) is 0 Å². The third kappa shape index (κ3) is 2.41. The first kappa shape index (κ1) is 12.3. The number of rotatable bonds is 4. The van der Waals surface area contributed by atoms with Gasteiger partial charge in [-0.15, -0.1) is 0 Å². The lowest BCUT2D eigenvalue weighted by Crippen LogP contribution is -2.59. The Morgan fingerprint density at radius 3 is 2.19 bits per heavy atom. The molecule has 0 saturated heterocycles. The number of hydrogen-bond acceptors (Lipinski definition) is 3. The van der Waals surface area contributed by atoms with Gasteiger partial charge in [0.15, 0.2) is 0 Å². The van der Waals surface area contributed by atoms with Gasteiger partial charge in [-0.25, -0.2) is 13.1 Å². The Morgan fingerprint density at radius 2 is 1.75 bits per heavy atom. The molecule has 0 heterocycles. The normalized spacial score (nSPS) is 26.3. The first-order valence-electron chi connectivity index (χ1n) is 6.31. The van der Waals surface area contributed by atoms with Crippen molar-refractivity contribution in [2.75, 3.05) is 6.54 Å². The molecule has 0 aromatic rings. The second-order valence-corrected chi connectivity index (χ2v) is 7.21. The Balaban J connectivity index is 2.01. The van der Waals surface area contributed by atoms with E-state index in [1.807, 2.05) is 0 Å². The van der Waals surface area contributed by atoms with E-state index in [9.17, 15) is 8.42 Å². The molecule has 0 aromatic heterocycles. The molecule has 0 atom stereocenters. The predicted octanol–water partition coefficient (Wildman–Crippen LogP) is 1.12. The van der Waals surface area contributed by atoms with Gasteiger partial charge in [0, 0.05) is 12.1 Å². The van der Waals surface area contributed by atoms with Gasteiger partial charge in [0.2, 0.25) is 10.0 Å². The smallest absolute Gasteiger partial charge is 0.215 e. The van der Waals surface area contributed by atoms with Crippen LogP contribution >= 0.6 is 0 Å². The molecule has 94 valence electrons. The number of nitrogens with two attached hydrogens (primary N) is 1. The van der Waals surface area contributed by atoms with Crippen LogP contribution in [0.3, 0.4) is 0 Å². The van der Waals surface area contributed by atoms with E-state index < -0.39 is 10.0 Å². The van der Waals surface area contributed by atoms with Crippen LogP contribution in [0.5, 0.6) is 0 Å².